The van der Waals surface area contributed by atoms with E-state index in [1.54, 1.807) is 24.4 Å². The molecule has 0 spiro atoms. The summed E-state index contributed by atoms with van der Waals surface area (Å²) in [5.41, 5.74) is 3.28. The molecule has 1 aromatic rings. The zero-order chi connectivity index (χ0) is 20.5. The topological polar surface area (TPSA) is 41.5 Å². The molecule has 0 aliphatic heterocycles. The van der Waals surface area contributed by atoms with Crippen LogP contribution < -0.4 is 5.43 Å². The lowest BCUT2D eigenvalue weighted by Gasteiger charge is -2.03. The third-order valence-electron chi connectivity index (χ3n) is 4.86. The maximum absolute atomic E-state index is 11.8. The van der Waals surface area contributed by atoms with Crippen LogP contribution in [0.25, 0.3) is 0 Å². The Hall–Kier alpha value is -1.06. The SMILES string of the molecule is CCCCCCCCCCCCCCCC(=O)N/N=C\c1ccc(Cl)cc1Cl. The van der Waals surface area contributed by atoms with E-state index < -0.39 is 0 Å². The minimum Gasteiger partial charge on any atom is -0.273 e. The van der Waals surface area contributed by atoms with E-state index in [9.17, 15) is 4.79 Å². The molecule has 28 heavy (non-hydrogen) atoms. The van der Waals surface area contributed by atoms with Crippen molar-refractivity contribution in [3.05, 3.63) is 33.8 Å². The van der Waals surface area contributed by atoms with E-state index in [1.165, 1.54) is 70.6 Å². The van der Waals surface area contributed by atoms with Gasteiger partial charge in [0, 0.05) is 17.0 Å². The first-order chi connectivity index (χ1) is 13.6. The molecule has 0 saturated carbocycles. The quantitative estimate of drug-likeness (QED) is 0.162. The van der Waals surface area contributed by atoms with Crippen LogP contribution in [0.5, 0.6) is 0 Å². The molecule has 0 heterocycles. The number of hydrogen-bond acceptors (Lipinski definition) is 2. The lowest BCUT2D eigenvalue weighted by Crippen LogP contribution is -2.16. The summed E-state index contributed by atoms with van der Waals surface area (Å²) in [5, 5.41) is 5.05. The summed E-state index contributed by atoms with van der Waals surface area (Å²) in [4.78, 5) is 11.8. The van der Waals surface area contributed by atoms with Crippen LogP contribution in [0.2, 0.25) is 10.0 Å². The van der Waals surface area contributed by atoms with Gasteiger partial charge in [-0.1, -0.05) is 113 Å². The van der Waals surface area contributed by atoms with Gasteiger partial charge in [0.2, 0.25) is 5.91 Å². The minimum absolute atomic E-state index is 0.0515. The van der Waals surface area contributed by atoms with Crippen LogP contribution in [-0.4, -0.2) is 12.1 Å². The standard InChI is InChI=1S/C23H36Cl2N2O/c1-2-3-4-5-6-7-8-9-10-11-12-13-14-15-23(28)27-26-19-20-16-17-21(24)18-22(20)25/h16-19H,2-15H2,1H3,(H,27,28)/b26-19-. The van der Waals surface area contributed by atoms with Crippen molar-refractivity contribution in [1.29, 1.82) is 0 Å². The minimum atomic E-state index is -0.0515. The fraction of sp³-hybridized carbons (Fsp3) is 0.652. The molecule has 3 nitrogen and oxygen atoms in total. The molecule has 0 fully saturated rings. The van der Waals surface area contributed by atoms with Crippen LogP contribution in [0.3, 0.4) is 0 Å². The number of nitrogens with one attached hydrogen (secondary N) is 1. The number of amides is 1. The third-order valence-corrected chi connectivity index (χ3v) is 5.43. The number of halogens is 2. The van der Waals surface area contributed by atoms with Gasteiger partial charge in [-0.2, -0.15) is 5.10 Å². The molecule has 5 heteroatoms. The van der Waals surface area contributed by atoms with Crippen LogP contribution >= 0.6 is 23.2 Å². The maximum atomic E-state index is 11.8. The van der Waals surface area contributed by atoms with E-state index in [-0.39, 0.29) is 5.91 Å². The van der Waals surface area contributed by atoms with Crippen LogP contribution in [0, 0.1) is 0 Å². The van der Waals surface area contributed by atoms with Crippen molar-refractivity contribution in [3.8, 4) is 0 Å². The maximum Gasteiger partial charge on any atom is 0.240 e. The Balaban J connectivity index is 1.93. The molecule has 0 aromatic heterocycles. The fourth-order valence-corrected chi connectivity index (χ4v) is 3.60. The predicted octanol–water partition coefficient (Wildman–Crippen LogP) is 7.92. The number of carbonyl (C=O) groups excluding carboxylic acids is 1. The molecule has 0 aliphatic carbocycles. The van der Waals surface area contributed by atoms with E-state index in [1.807, 2.05) is 0 Å². The first-order valence-corrected chi connectivity index (χ1v) is 11.7. The summed E-state index contributed by atoms with van der Waals surface area (Å²) >= 11 is 11.9. The van der Waals surface area contributed by atoms with E-state index in [4.69, 9.17) is 23.2 Å². The molecule has 1 aromatic carbocycles. The second kappa shape index (κ2) is 16.9. The summed E-state index contributed by atoms with van der Waals surface area (Å²) in [7, 11) is 0. The number of hydrazone groups is 1. The molecule has 1 amide bonds. The molecule has 0 unspecified atom stereocenters. The molecule has 0 bridgehead atoms. The Labute approximate surface area is 181 Å². The first kappa shape index (κ1) is 25.0. The Morgan fingerprint density at radius 3 is 1.96 bits per heavy atom. The van der Waals surface area contributed by atoms with E-state index in [0.717, 1.165) is 18.4 Å². The lowest BCUT2D eigenvalue weighted by molar-refractivity contribution is -0.121. The summed E-state index contributed by atoms with van der Waals surface area (Å²) in [6.45, 7) is 2.26. The number of hydrogen-bond donors (Lipinski definition) is 1. The average molecular weight is 427 g/mol. The highest BCUT2D eigenvalue weighted by atomic mass is 35.5. The van der Waals surface area contributed by atoms with Gasteiger partial charge in [-0.3, -0.25) is 4.79 Å². The van der Waals surface area contributed by atoms with Crippen molar-refractivity contribution < 1.29 is 4.79 Å². The summed E-state index contributed by atoms with van der Waals surface area (Å²) in [6, 6.07) is 5.16. The smallest absolute Gasteiger partial charge is 0.240 e. The van der Waals surface area contributed by atoms with Crippen molar-refractivity contribution in [2.75, 3.05) is 0 Å². The molecule has 0 saturated heterocycles. The van der Waals surface area contributed by atoms with E-state index in [2.05, 4.69) is 17.5 Å². The summed E-state index contributed by atoms with van der Waals surface area (Å²) < 4.78 is 0. The molecular formula is C23H36Cl2N2O. The van der Waals surface area contributed by atoms with Crippen molar-refractivity contribution >= 4 is 35.3 Å². The largest absolute Gasteiger partial charge is 0.273 e. The highest BCUT2D eigenvalue weighted by molar-refractivity contribution is 6.36. The summed E-state index contributed by atoms with van der Waals surface area (Å²) in [6.07, 6.45) is 19.0. The van der Waals surface area contributed by atoms with Crippen LogP contribution in [-0.2, 0) is 4.79 Å². The molecule has 0 atom stereocenters. The molecule has 0 radical (unpaired) electrons. The number of benzene rings is 1. The monoisotopic (exact) mass is 426 g/mol. The molecular weight excluding hydrogens is 391 g/mol. The van der Waals surface area contributed by atoms with Gasteiger partial charge < -0.3 is 0 Å². The number of carbonyl (C=O) groups is 1. The summed E-state index contributed by atoms with van der Waals surface area (Å²) in [5.74, 6) is -0.0515. The van der Waals surface area contributed by atoms with E-state index >= 15 is 0 Å². The van der Waals surface area contributed by atoms with Crippen LogP contribution in [0.15, 0.2) is 23.3 Å². The van der Waals surface area contributed by atoms with Gasteiger partial charge in [0.25, 0.3) is 0 Å². The van der Waals surface area contributed by atoms with Gasteiger partial charge in [0.1, 0.15) is 0 Å². The second-order valence-corrected chi connectivity index (χ2v) is 8.30. The van der Waals surface area contributed by atoms with Crippen molar-refractivity contribution in [2.24, 2.45) is 5.10 Å². The number of unbranched alkanes of at least 4 members (excludes halogenated alkanes) is 12. The average Bonchev–Trinajstić information content (AvgIpc) is 2.67. The van der Waals surface area contributed by atoms with Gasteiger partial charge in [0.15, 0.2) is 0 Å². The molecule has 158 valence electrons. The van der Waals surface area contributed by atoms with Crippen molar-refractivity contribution in [3.63, 3.8) is 0 Å². The molecule has 1 rings (SSSR count). The van der Waals surface area contributed by atoms with Crippen molar-refractivity contribution in [1.82, 2.24) is 5.43 Å². The lowest BCUT2D eigenvalue weighted by atomic mass is 10.0. The fourth-order valence-electron chi connectivity index (χ4n) is 3.14. The van der Waals surface area contributed by atoms with Crippen LogP contribution in [0.1, 0.15) is 102 Å². The van der Waals surface area contributed by atoms with Gasteiger partial charge >= 0.3 is 0 Å². The Kier molecular flexibility index (Phi) is 15.0. The zero-order valence-corrected chi connectivity index (χ0v) is 18.8. The Morgan fingerprint density at radius 2 is 1.43 bits per heavy atom. The normalized spacial score (nSPS) is 11.2. The Bertz CT molecular complexity index is 576. The van der Waals surface area contributed by atoms with Crippen molar-refractivity contribution in [2.45, 2.75) is 96.8 Å². The van der Waals surface area contributed by atoms with Gasteiger partial charge in [0.05, 0.1) is 11.2 Å². The first-order valence-electron chi connectivity index (χ1n) is 10.9. The predicted molar refractivity (Wildman–Crippen MR) is 123 cm³/mol. The number of rotatable bonds is 16. The molecule has 1 N–H and O–H groups in total. The second-order valence-electron chi connectivity index (χ2n) is 7.45. The van der Waals surface area contributed by atoms with E-state index in [0.29, 0.717) is 16.5 Å². The number of nitrogens with zero attached hydrogens (tertiary/aromatic N) is 1. The van der Waals surface area contributed by atoms with Crippen LogP contribution in [0.4, 0.5) is 0 Å². The molecule has 0 aliphatic rings. The Morgan fingerprint density at radius 1 is 0.893 bits per heavy atom. The highest BCUT2D eigenvalue weighted by Gasteiger charge is 2.01. The van der Waals surface area contributed by atoms with Gasteiger partial charge in [-0.25, -0.2) is 5.43 Å². The van der Waals surface area contributed by atoms with Gasteiger partial charge in [-0.05, 0) is 18.6 Å². The van der Waals surface area contributed by atoms with Gasteiger partial charge in [-0.15, -0.1) is 0 Å². The third kappa shape index (κ3) is 13.2. The zero-order valence-electron chi connectivity index (χ0n) is 17.3. The highest BCUT2D eigenvalue weighted by Crippen LogP contribution is 2.19.